The molecular formula is C14H16F3NO3. The van der Waals surface area contributed by atoms with Crippen molar-refractivity contribution in [2.24, 2.45) is 0 Å². The summed E-state index contributed by atoms with van der Waals surface area (Å²) in [6, 6.07) is 2.77. The third-order valence-electron chi connectivity index (χ3n) is 2.55. The van der Waals surface area contributed by atoms with Crippen LogP contribution in [0, 0.1) is 0 Å². The van der Waals surface area contributed by atoms with Crippen LogP contribution >= 0.6 is 0 Å². The monoisotopic (exact) mass is 303 g/mol. The molecule has 1 aromatic rings. The van der Waals surface area contributed by atoms with Crippen molar-refractivity contribution < 1.29 is 27.5 Å². The van der Waals surface area contributed by atoms with Gasteiger partial charge in [-0.05, 0) is 39.0 Å². The van der Waals surface area contributed by atoms with E-state index in [4.69, 9.17) is 4.74 Å². The van der Waals surface area contributed by atoms with Crippen LogP contribution in [0.25, 0.3) is 0 Å². The van der Waals surface area contributed by atoms with Gasteiger partial charge in [0.15, 0.2) is 6.10 Å². The van der Waals surface area contributed by atoms with Crippen molar-refractivity contribution in [2.45, 2.75) is 39.1 Å². The molecule has 0 radical (unpaired) electrons. The Labute approximate surface area is 120 Å². The molecule has 1 N–H and O–H groups in total. The SMILES string of the molecule is CC(C)NC(=O)C(C)Oc1ccc(C=O)cc1C(F)(F)F. The summed E-state index contributed by atoms with van der Waals surface area (Å²) in [5, 5.41) is 2.54. The number of rotatable bonds is 5. The number of nitrogens with one attached hydrogen (secondary N) is 1. The zero-order valence-corrected chi connectivity index (χ0v) is 11.8. The first-order valence-electron chi connectivity index (χ1n) is 6.28. The molecule has 1 amide bonds. The lowest BCUT2D eigenvalue weighted by molar-refractivity contribution is -0.140. The van der Waals surface area contributed by atoms with Crippen LogP contribution in [0.5, 0.6) is 5.75 Å². The molecule has 0 aliphatic heterocycles. The topological polar surface area (TPSA) is 55.4 Å². The van der Waals surface area contributed by atoms with E-state index < -0.39 is 29.5 Å². The molecule has 0 saturated heterocycles. The molecule has 21 heavy (non-hydrogen) atoms. The molecule has 1 unspecified atom stereocenters. The van der Waals surface area contributed by atoms with Crippen LogP contribution in [0.1, 0.15) is 36.7 Å². The van der Waals surface area contributed by atoms with Crippen LogP contribution in [0.4, 0.5) is 13.2 Å². The Morgan fingerprint density at radius 1 is 1.29 bits per heavy atom. The van der Waals surface area contributed by atoms with Gasteiger partial charge in [-0.15, -0.1) is 0 Å². The number of aldehydes is 1. The van der Waals surface area contributed by atoms with Crippen molar-refractivity contribution in [3.8, 4) is 5.75 Å². The number of halogens is 3. The van der Waals surface area contributed by atoms with Crippen LogP contribution in [-0.2, 0) is 11.0 Å². The third kappa shape index (κ3) is 4.77. The second-order valence-electron chi connectivity index (χ2n) is 4.79. The fourth-order valence-corrected chi connectivity index (χ4v) is 1.59. The molecule has 116 valence electrons. The van der Waals surface area contributed by atoms with Gasteiger partial charge in [-0.25, -0.2) is 0 Å². The Bertz CT molecular complexity index is 527. The molecule has 1 atom stereocenters. The summed E-state index contributed by atoms with van der Waals surface area (Å²) in [6.07, 6.45) is -5.45. The van der Waals surface area contributed by atoms with E-state index in [2.05, 4.69) is 5.32 Å². The lowest BCUT2D eigenvalue weighted by atomic mass is 10.1. The highest BCUT2D eigenvalue weighted by molar-refractivity contribution is 5.81. The summed E-state index contributed by atoms with van der Waals surface area (Å²) in [7, 11) is 0. The van der Waals surface area contributed by atoms with E-state index in [9.17, 15) is 22.8 Å². The van der Waals surface area contributed by atoms with Crippen molar-refractivity contribution >= 4 is 12.2 Å². The summed E-state index contributed by atoms with van der Waals surface area (Å²) in [4.78, 5) is 22.2. The van der Waals surface area contributed by atoms with Crippen LogP contribution in [0.3, 0.4) is 0 Å². The van der Waals surface area contributed by atoms with Gasteiger partial charge in [-0.3, -0.25) is 9.59 Å². The molecule has 1 rings (SSSR count). The quantitative estimate of drug-likeness (QED) is 0.851. The zero-order valence-electron chi connectivity index (χ0n) is 11.8. The van der Waals surface area contributed by atoms with Gasteiger partial charge in [0.2, 0.25) is 0 Å². The molecule has 1 aromatic carbocycles. The van der Waals surface area contributed by atoms with E-state index in [1.807, 2.05) is 0 Å². The highest BCUT2D eigenvalue weighted by Crippen LogP contribution is 2.37. The predicted octanol–water partition coefficient (Wildman–Crippen LogP) is 2.81. The van der Waals surface area contributed by atoms with Gasteiger partial charge in [0, 0.05) is 11.6 Å². The fourth-order valence-electron chi connectivity index (χ4n) is 1.59. The van der Waals surface area contributed by atoms with Gasteiger partial charge in [0.1, 0.15) is 12.0 Å². The molecule has 0 fully saturated rings. The van der Waals surface area contributed by atoms with Crippen LogP contribution < -0.4 is 10.1 Å². The highest BCUT2D eigenvalue weighted by Gasteiger charge is 2.35. The second-order valence-corrected chi connectivity index (χ2v) is 4.79. The molecular weight excluding hydrogens is 287 g/mol. The van der Waals surface area contributed by atoms with E-state index >= 15 is 0 Å². The number of carbonyl (C=O) groups excluding carboxylic acids is 2. The van der Waals surface area contributed by atoms with Crippen LogP contribution in [0.2, 0.25) is 0 Å². The minimum absolute atomic E-state index is 0.117. The summed E-state index contributed by atoms with van der Waals surface area (Å²) >= 11 is 0. The second kappa shape index (κ2) is 6.60. The summed E-state index contributed by atoms with van der Waals surface area (Å²) in [5.74, 6) is -1.00. The minimum atomic E-state index is -4.68. The zero-order chi connectivity index (χ0) is 16.2. The van der Waals surface area contributed by atoms with Crippen LogP contribution in [0.15, 0.2) is 18.2 Å². The molecule has 7 heteroatoms. The lowest BCUT2D eigenvalue weighted by Crippen LogP contribution is -2.40. The van der Waals surface area contributed by atoms with Crippen LogP contribution in [-0.4, -0.2) is 24.3 Å². The van der Waals surface area contributed by atoms with Crippen molar-refractivity contribution in [1.82, 2.24) is 5.32 Å². The van der Waals surface area contributed by atoms with Crippen molar-refractivity contribution in [1.29, 1.82) is 0 Å². The Kier molecular flexibility index (Phi) is 5.34. The average Bonchev–Trinajstić information content (AvgIpc) is 2.37. The first kappa shape index (κ1) is 17.0. The van der Waals surface area contributed by atoms with Gasteiger partial charge < -0.3 is 10.1 Å². The Balaban J connectivity index is 3.02. The maximum absolute atomic E-state index is 12.9. The third-order valence-corrected chi connectivity index (χ3v) is 2.55. The number of amides is 1. The van der Waals surface area contributed by atoms with E-state index in [0.717, 1.165) is 6.07 Å². The smallest absolute Gasteiger partial charge is 0.419 e. The maximum Gasteiger partial charge on any atom is 0.419 e. The minimum Gasteiger partial charge on any atom is -0.480 e. The number of alkyl halides is 3. The first-order valence-corrected chi connectivity index (χ1v) is 6.28. The molecule has 0 aliphatic carbocycles. The largest absolute Gasteiger partial charge is 0.480 e. The van der Waals surface area contributed by atoms with E-state index in [-0.39, 0.29) is 11.6 Å². The number of hydrogen-bond donors (Lipinski definition) is 1. The predicted molar refractivity (Wildman–Crippen MR) is 70.2 cm³/mol. The molecule has 4 nitrogen and oxygen atoms in total. The Morgan fingerprint density at radius 2 is 1.90 bits per heavy atom. The van der Waals surface area contributed by atoms with Crippen molar-refractivity contribution in [3.05, 3.63) is 29.3 Å². The molecule has 0 aromatic heterocycles. The number of carbonyl (C=O) groups is 2. The van der Waals surface area contributed by atoms with E-state index in [1.54, 1.807) is 13.8 Å². The number of hydrogen-bond acceptors (Lipinski definition) is 3. The first-order chi connectivity index (χ1) is 9.65. The summed E-state index contributed by atoms with van der Waals surface area (Å²) in [6.45, 7) is 4.81. The molecule has 0 aliphatic rings. The maximum atomic E-state index is 12.9. The van der Waals surface area contributed by atoms with Gasteiger partial charge in [-0.1, -0.05) is 0 Å². The summed E-state index contributed by atoms with van der Waals surface area (Å²) in [5.41, 5.74) is -1.20. The van der Waals surface area contributed by atoms with Crippen molar-refractivity contribution in [3.63, 3.8) is 0 Å². The molecule has 0 saturated carbocycles. The van der Waals surface area contributed by atoms with Gasteiger partial charge in [-0.2, -0.15) is 13.2 Å². The molecule has 0 heterocycles. The van der Waals surface area contributed by atoms with E-state index in [1.165, 1.54) is 13.0 Å². The normalized spacial score (nSPS) is 12.9. The number of benzene rings is 1. The van der Waals surface area contributed by atoms with Gasteiger partial charge in [0.25, 0.3) is 5.91 Å². The van der Waals surface area contributed by atoms with Crippen molar-refractivity contribution in [2.75, 3.05) is 0 Å². The molecule has 0 bridgehead atoms. The van der Waals surface area contributed by atoms with E-state index in [0.29, 0.717) is 12.4 Å². The lowest BCUT2D eigenvalue weighted by Gasteiger charge is -2.19. The van der Waals surface area contributed by atoms with Gasteiger partial charge in [0.05, 0.1) is 5.56 Å². The standard InChI is InChI=1S/C14H16F3NO3/c1-8(2)18-13(20)9(3)21-12-5-4-10(7-19)6-11(12)14(15,16)17/h4-9H,1-3H3,(H,18,20). The molecule has 0 spiro atoms. The number of ether oxygens (including phenoxy) is 1. The fraction of sp³-hybridized carbons (Fsp3) is 0.429. The Morgan fingerprint density at radius 3 is 2.38 bits per heavy atom. The Hall–Kier alpha value is -2.05. The van der Waals surface area contributed by atoms with Gasteiger partial charge >= 0.3 is 6.18 Å². The summed E-state index contributed by atoms with van der Waals surface area (Å²) < 4.78 is 43.9. The highest BCUT2D eigenvalue weighted by atomic mass is 19.4. The average molecular weight is 303 g/mol.